The smallest absolute Gasteiger partial charge is 0.286 e. The number of amidine groups is 1. The first-order valence-electron chi connectivity index (χ1n) is 8.13. The van der Waals surface area contributed by atoms with Crippen molar-refractivity contribution in [2.45, 2.75) is 11.8 Å². The van der Waals surface area contributed by atoms with Crippen molar-refractivity contribution in [3.8, 4) is 5.69 Å². The molecule has 0 fully saturated rings. The highest BCUT2D eigenvalue weighted by Crippen LogP contribution is 2.31. The summed E-state index contributed by atoms with van der Waals surface area (Å²) in [5, 5.41) is 6.71. The lowest BCUT2D eigenvalue weighted by molar-refractivity contribution is 0.756. The summed E-state index contributed by atoms with van der Waals surface area (Å²) in [5.41, 5.74) is 6.50. The average molecular weight is 363 g/mol. The van der Waals surface area contributed by atoms with E-state index in [-0.39, 0.29) is 5.56 Å². The lowest BCUT2D eigenvalue weighted by Crippen LogP contribution is -2.43. The highest BCUT2D eigenvalue weighted by Gasteiger charge is 2.24. The molecule has 1 N–H and O–H groups in total. The van der Waals surface area contributed by atoms with Gasteiger partial charge in [0, 0.05) is 7.05 Å². The van der Waals surface area contributed by atoms with Gasteiger partial charge in [0.05, 0.1) is 23.3 Å². The van der Waals surface area contributed by atoms with Crippen molar-refractivity contribution in [1.82, 2.24) is 15.2 Å². The average Bonchev–Trinajstić information content (AvgIpc) is 2.65. The largest absolute Gasteiger partial charge is 0.287 e. The van der Waals surface area contributed by atoms with Gasteiger partial charge in [-0.15, -0.1) is 0 Å². The molecule has 6 nitrogen and oxygen atoms in total. The van der Waals surface area contributed by atoms with Gasteiger partial charge in [0.25, 0.3) is 5.56 Å². The van der Waals surface area contributed by atoms with Crippen LogP contribution in [0.5, 0.6) is 0 Å². The van der Waals surface area contributed by atoms with Gasteiger partial charge >= 0.3 is 0 Å². The van der Waals surface area contributed by atoms with Gasteiger partial charge in [-0.05, 0) is 43.0 Å². The number of hydrazine groups is 1. The molecule has 0 saturated carbocycles. The Balaban J connectivity index is 1.75. The van der Waals surface area contributed by atoms with Crippen LogP contribution in [0.2, 0.25) is 0 Å². The number of nitrogens with zero attached hydrogens (tertiary/aromatic N) is 4. The molecule has 0 atom stereocenters. The van der Waals surface area contributed by atoms with Crippen molar-refractivity contribution in [3.05, 3.63) is 76.7 Å². The minimum atomic E-state index is -0.163. The summed E-state index contributed by atoms with van der Waals surface area (Å²) in [6.07, 6.45) is 1.69. The number of aryl methyl sites for hydroxylation is 1. The van der Waals surface area contributed by atoms with Crippen LogP contribution in [0.1, 0.15) is 5.56 Å². The molecule has 0 spiro atoms. The van der Waals surface area contributed by atoms with E-state index in [9.17, 15) is 4.79 Å². The quantitative estimate of drug-likeness (QED) is 0.757. The molecular weight excluding hydrogens is 346 g/mol. The van der Waals surface area contributed by atoms with Crippen LogP contribution in [0.25, 0.3) is 5.69 Å². The number of para-hydroxylation sites is 1. The Morgan fingerprint density at radius 1 is 1.08 bits per heavy atom. The minimum Gasteiger partial charge on any atom is -0.286 e. The number of rotatable bonds is 2. The highest BCUT2D eigenvalue weighted by atomic mass is 32.2. The molecule has 1 aliphatic rings. The van der Waals surface area contributed by atoms with Crippen molar-refractivity contribution < 1.29 is 0 Å². The molecule has 0 unspecified atom stereocenters. The fraction of sp³-hybridized carbons (Fsp3) is 0.105. The Bertz CT molecular complexity index is 1030. The molecule has 0 bridgehead atoms. The zero-order chi connectivity index (χ0) is 18.1. The molecule has 0 aliphatic carbocycles. The van der Waals surface area contributed by atoms with E-state index in [0.717, 1.165) is 17.1 Å². The third-order valence-electron chi connectivity index (χ3n) is 4.00. The first-order valence-corrected chi connectivity index (χ1v) is 8.95. The van der Waals surface area contributed by atoms with E-state index in [2.05, 4.69) is 15.5 Å². The zero-order valence-electron chi connectivity index (χ0n) is 14.4. The fourth-order valence-corrected chi connectivity index (χ4v) is 3.62. The summed E-state index contributed by atoms with van der Waals surface area (Å²) >= 11 is 1.32. The molecule has 1 aliphatic heterocycles. The number of hydrogen-bond acceptors (Lipinski definition) is 5. The van der Waals surface area contributed by atoms with Gasteiger partial charge in [0.1, 0.15) is 4.90 Å². The van der Waals surface area contributed by atoms with Crippen LogP contribution >= 0.6 is 11.8 Å². The predicted molar refractivity (Wildman–Crippen MR) is 106 cm³/mol. The van der Waals surface area contributed by atoms with Crippen LogP contribution in [0, 0.1) is 6.92 Å². The van der Waals surface area contributed by atoms with E-state index in [1.807, 2.05) is 68.6 Å². The molecule has 7 heteroatoms. The van der Waals surface area contributed by atoms with E-state index >= 15 is 0 Å². The zero-order valence-corrected chi connectivity index (χ0v) is 15.2. The third-order valence-corrected chi connectivity index (χ3v) is 4.97. The number of aliphatic imine (C=N–C) groups is 1. The van der Waals surface area contributed by atoms with E-state index in [4.69, 9.17) is 0 Å². The SMILES string of the molecule is Cc1ccc(N=C2NN(C)c3cnn(-c4ccccc4)c(=O)c3S2)cc1. The number of hydrogen-bond donors (Lipinski definition) is 1. The highest BCUT2D eigenvalue weighted by molar-refractivity contribution is 8.14. The van der Waals surface area contributed by atoms with Gasteiger partial charge in [-0.25, -0.2) is 4.99 Å². The molecule has 4 rings (SSSR count). The molecule has 3 aromatic rings. The van der Waals surface area contributed by atoms with Crippen LogP contribution in [0.3, 0.4) is 0 Å². The van der Waals surface area contributed by atoms with Crippen LogP contribution in [0.15, 0.2) is 75.5 Å². The fourth-order valence-electron chi connectivity index (χ4n) is 2.62. The van der Waals surface area contributed by atoms with Crippen molar-refractivity contribution in [2.24, 2.45) is 4.99 Å². The molecule has 26 heavy (non-hydrogen) atoms. The van der Waals surface area contributed by atoms with Crippen LogP contribution in [-0.4, -0.2) is 22.0 Å². The second kappa shape index (κ2) is 6.68. The number of fused-ring (bicyclic) bond motifs is 1. The maximum absolute atomic E-state index is 13.0. The number of benzene rings is 2. The van der Waals surface area contributed by atoms with Gasteiger partial charge in [-0.3, -0.25) is 15.2 Å². The Morgan fingerprint density at radius 2 is 1.81 bits per heavy atom. The predicted octanol–water partition coefficient (Wildman–Crippen LogP) is 3.28. The van der Waals surface area contributed by atoms with Crippen molar-refractivity contribution in [3.63, 3.8) is 0 Å². The molecular formula is C19H17N5OS. The monoisotopic (exact) mass is 363 g/mol. The van der Waals surface area contributed by atoms with E-state index in [0.29, 0.717) is 10.1 Å². The van der Waals surface area contributed by atoms with Gasteiger partial charge < -0.3 is 0 Å². The second-order valence-corrected chi connectivity index (χ2v) is 6.94. The summed E-state index contributed by atoms with van der Waals surface area (Å²) in [4.78, 5) is 18.2. The van der Waals surface area contributed by atoms with Crippen molar-refractivity contribution >= 4 is 28.3 Å². The van der Waals surface area contributed by atoms with E-state index < -0.39 is 0 Å². The Morgan fingerprint density at radius 3 is 2.54 bits per heavy atom. The summed E-state index contributed by atoms with van der Waals surface area (Å²) < 4.78 is 1.41. The normalized spacial score (nSPS) is 14.8. The molecule has 1 aromatic heterocycles. The van der Waals surface area contributed by atoms with Crippen molar-refractivity contribution in [2.75, 3.05) is 12.1 Å². The Labute approximate surface area is 155 Å². The Hall–Kier alpha value is -3.06. The number of nitrogens with one attached hydrogen (secondary N) is 1. The maximum atomic E-state index is 13.0. The van der Waals surface area contributed by atoms with E-state index in [1.54, 1.807) is 11.2 Å². The third kappa shape index (κ3) is 3.09. The Kier molecular flexibility index (Phi) is 4.22. The van der Waals surface area contributed by atoms with E-state index in [1.165, 1.54) is 22.0 Å². The summed E-state index contributed by atoms with van der Waals surface area (Å²) in [6.45, 7) is 2.04. The first kappa shape index (κ1) is 16.4. The number of thioether (sulfide) groups is 1. The molecule has 130 valence electrons. The maximum Gasteiger partial charge on any atom is 0.287 e. The molecule has 0 radical (unpaired) electrons. The standard InChI is InChI=1S/C19H17N5OS/c1-13-8-10-14(11-9-13)21-19-22-23(2)16-12-20-24(18(25)17(16)26-19)15-6-4-3-5-7-15/h3-12H,1-2H3,(H,21,22). The summed E-state index contributed by atoms with van der Waals surface area (Å²) in [5.74, 6) is 0. The lowest BCUT2D eigenvalue weighted by Gasteiger charge is -2.28. The van der Waals surface area contributed by atoms with Gasteiger partial charge in [0.2, 0.25) is 0 Å². The van der Waals surface area contributed by atoms with Gasteiger partial charge in [0.15, 0.2) is 5.17 Å². The minimum absolute atomic E-state index is 0.163. The molecule has 2 aromatic carbocycles. The molecule has 0 amide bonds. The van der Waals surface area contributed by atoms with Gasteiger partial charge in [-0.2, -0.15) is 9.78 Å². The van der Waals surface area contributed by atoms with Crippen molar-refractivity contribution in [1.29, 1.82) is 0 Å². The topological polar surface area (TPSA) is 62.5 Å². The summed E-state index contributed by atoms with van der Waals surface area (Å²) in [7, 11) is 1.84. The lowest BCUT2D eigenvalue weighted by atomic mass is 10.2. The molecule has 0 saturated heterocycles. The number of aromatic nitrogens is 2. The van der Waals surface area contributed by atoms with Crippen LogP contribution in [0.4, 0.5) is 11.4 Å². The van der Waals surface area contributed by atoms with Crippen LogP contribution in [-0.2, 0) is 0 Å². The number of anilines is 1. The molecule has 2 heterocycles. The second-order valence-electron chi connectivity index (χ2n) is 5.94. The summed E-state index contributed by atoms with van der Waals surface area (Å²) in [6, 6.07) is 17.3. The first-order chi connectivity index (χ1) is 12.6. The van der Waals surface area contributed by atoms with Gasteiger partial charge in [-0.1, -0.05) is 35.9 Å². The van der Waals surface area contributed by atoms with Crippen LogP contribution < -0.4 is 16.0 Å².